The molecule has 5 nitrogen and oxygen atoms in total. The number of hydrogen-bond acceptors (Lipinski definition) is 4. The van der Waals surface area contributed by atoms with Crippen molar-refractivity contribution in [1.82, 2.24) is 10.2 Å². The Hall–Kier alpha value is -0.750. The lowest BCUT2D eigenvalue weighted by atomic mass is 10.0. The van der Waals surface area contributed by atoms with Gasteiger partial charge in [0.05, 0.1) is 12.1 Å². The summed E-state index contributed by atoms with van der Waals surface area (Å²) in [7, 11) is 0. The second-order valence-corrected chi connectivity index (χ2v) is 5.95. The molecule has 1 aliphatic rings. The number of nitrogens with two attached hydrogens (primary N) is 1. The maximum absolute atomic E-state index is 12.1. The molecule has 0 bridgehead atoms. The molecule has 0 aliphatic carbocycles. The van der Waals surface area contributed by atoms with Crippen molar-refractivity contribution in [3.63, 3.8) is 0 Å². The number of nitrogens with zero attached hydrogens (tertiary/aromatic N) is 1. The molecule has 0 radical (unpaired) electrons. The lowest BCUT2D eigenvalue weighted by molar-refractivity contribution is 0.0906. The summed E-state index contributed by atoms with van der Waals surface area (Å²) in [5.41, 5.74) is 6.04. The highest BCUT2D eigenvalue weighted by atomic mass is 35.5. The molecule has 22 heavy (non-hydrogen) atoms. The minimum absolute atomic E-state index is 0. The van der Waals surface area contributed by atoms with E-state index in [1.165, 1.54) is 6.26 Å². The number of hydrogen-bond donors (Lipinski definition) is 2. The largest absolute Gasteiger partial charge is 0.467 e. The van der Waals surface area contributed by atoms with E-state index in [2.05, 4.69) is 24.1 Å². The highest BCUT2D eigenvalue weighted by Gasteiger charge is 2.22. The van der Waals surface area contributed by atoms with Gasteiger partial charge in [0.2, 0.25) is 0 Å². The van der Waals surface area contributed by atoms with Gasteiger partial charge in [-0.15, -0.1) is 24.8 Å². The third-order valence-electron chi connectivity index (χ3n) is 3.66. The summed E-state index contributed by atoms with van der Waals surface area (Å²) in [6.07, 6.45) is 3.51. The average molecular weight is 352 g/mol. The van der Waals surface area contributed by atoms with E-state index in [4.69, 9.17) is 10.2 Å². The van der Waals surface area contributed by atoms with E-state index < -0.39 is 0 Å². The molecule has 1 aliphatic heterocycles. The molecular formula is C15H27Cl2N3O2. The molecule has 0 aromatic carbocycles. The Balaban J connectivity index is 0.00000220. The molecule has 7 heteroatoms. The molecule has 1 amide bonds. The van der Waals surface area contributed by atoms with E-state index in [0.29, 0.717) is 23.8 Å². The molecule has 2 heterocycles. The Labute approximate surface area is 144 Å². The number of furan rings is 1. The molecule has 1 saturated heterocycles. The predicted molar refractivity (Wildman–Crippen MR) is 92.9 cm³/mol. The van der Waals surface area contributed by atoms with Crippen LogP contribution in [0, 0.1) is 5.92 Å². The van der Waals surface area contributed by atoms with Gasteiger partial charge in [-0.05, 0) is 24.8 Å². The van der Waals surface area contributed by atoms with Crippen molar-refractivity contribution >= 4 is 30.7 Å². The van der Waals surface area contributed by atoms with Crippen LogP contribution in [0.4, 0.5) is 0 Å². The van der Waals surface area contributed by atoms with Gasteiger partial charge in [-0.1, -0.05) is 13.8 Å². The van der Waals surface area contributed by atoms with Crippen molar-refractivity contribution in [2.75, 3.05) is 19.6 Å². The summed E-state index contributed by atoms with van der Waals surface area (Å²) in [5.74, 6) is 1.28. The topological polar surface area (TPSA) is 71.5 Å². The van der Waals surface area contributed by atoms with Gasteiger partial charge < -0.3 is 20.4 Å². The van der Waals surface area contributed by atoms with Gasteiger partial charge in [-0.2, -0.15) is 0 Å². The van der Waals surface area contributed by atoms with E-state index in [-0.39, 0.29) is 36.8 Å². The van der Waals surface area contributed by atoms with Crippen LogP contribution in [0.25, 0.3) is 0 Å². The van der Waals surface area contributed by atoms with Crippen LogP contribution < -0.4 is 11.1 Å². The highest BCUT2D eigenvalue weighted by Crippen LogP contribution is 2.13. The Bertz CT molecular complexity index is 444. The average Bonchev–Trinajstić information content (AvgIpc) is 2.89. The number of halogens is 2. The summed E-state index contributed by atoms with van der Waals surface area (Å²) in [6, 6.07) is 1.98. The zero-order valence-electron chi connectivity index (χ0n) is 13.2. The molecular weight excluding hydrogens is 325 g/mol. The Morgan fingerprint density at radius 1 is 1.41 bits per heavy atom. The summed E-state index contributed by atoms with van der Waals surface area (Å²) in [4.78, 5) is 14.5. The quantitative estimate of drug-likeness (QED) is 0.854. The number of likely N-dealkylation sites (tertiary alicyclic amines) is 1. The lowest BCUT2D eigenvalue weighted by Gasteiger charge is -2.33. The minimum atomic E-state index is -0.0595. The van der Waals surface area contributed by atoms with Crippen LogP contribution in [0.3, 0.4) is 0 Å². The standard InChI is InChI=1S/C15H25N3O2.2ClH/c1-11(2)9-18-5-3-13(4-6-18)17-15(19)12-7-14(8-16)20-10-12;;/h7,10-11,13H,3-6,8-9,16H2,1-2H3,(H,17,19);2*1H. The number of piperidine rings is 1. The van der Waals surface area contributed by atoms with Gasteiger partial charge >= 0.3 is 0 Å². The third-order valence-corrected chi connectivity index (χ3v) is 3.66. The van der Waals surface area contributed by atoms with Crippen molar-refractivity contribution < 1.29 is 9.21 Å². The van der Waals surface area contributed by atoms with Gasteiger partial charge in [0.1, 0.15) is 12.0 Å². The van der Waals surface area contributed by atoms with E-state index in [1.54, 1.807) is 6.07 Å². The van der Waals surface area contributed by atoms with E-state index in [1.807, 2.05) is 0 Å². The molecule has 0 unspecified atom stereocenters. The summed E-state index contributed by atoms with van der Waals surface area (Å²) >= 11 is 0. The maximum Gasteiger partial charge on any atom is 0.254 e. The molecule has 2 rings (SSSR count). The lowest BCUT2D eigenvalue weighted by Crippen LogP contribution is -2.45. The Morgan fingerprint density at radius 3 is 2.55 bits per heavy atom. The number of carbonyl (C=O) groups excluding carboxylic acids is 1. The molecule has 0 saturated carbocycles. The molecule has 128 valence electrons. The minimum Gasteiger partial charge on any atom is -0.467 e. The zero-order valence-corrected chi connectivity index (χ0v) is 14.8. The SMILES string of the molecule is CC(C)CN1CCC(NC(=O)c2coc(CN)c2)CC1.Cl.Cl. The Morgan fingerprint density at radius 2 is 2.05 bits per heavy atom. The van der Waals surface area contributed by atoms with Crippen LogP contribution in [-0.2, 0) is 6.54 Å². The van der Waals surface area contributed by atoms with Gasteiger partial charge in [-0.3, -0.25) is 4.79 Å². The molecule has 1 aromatic heterocycles. The maximum atomic E-state index is 12.1. The fourth-order valence-electron chi connectivity index (χ4n) is 2.65. The van der Waals surface area contributed by atoms with Gasteiger partial charge in [-0.25, -0.2) is 0 Å². The van der Waals surface area contributed by atoms with Gasteiger partial charge in [0.25, 0.3) is 5.91 Å². The normalized spacial score (nSPS) is 16.0. The summed E-state index contributed by atoms with van der Waals surface area (Å²) in [5, 5.41) is 3.08. The number of nitrogens with one attached hydrogen (secondary N) is 1. The monoisotopic (exact) mass is 351 g/mol. The second kappa shape index (κ2) is 10.1. The predicted octanol–water partition coefficient (Wildman–Crippen LogP) is 2.43. The zero-order chi connectivity index (χ0) is 14.5. The Kier molecular flexibility index (Phi) is 9.76. The molecule has 1 fully saturated rings. The highest BCUT2D eigenvalue weighted by molar-refractivity contribution is 5.94. The van der Waals surface area contributed by atoms with Crippen LogP contribution >= 0.6 is 24.8 Å². The number of amides is 1. The van der Waals surface area contributed by atoms with E-state index >= 15 is 0 Å². The molecule has 1 aromatic rings. The fourth-order valence-corrected chi connectivity index (χ4v) is 2.65. The van der Waals surface area contributed by atoms with Crippen molar-refractivity contribution in [3.8, 4) is 0 Å². The number of rotatable bonds is 5. The number of carbonyl (C=O) groups is 1. The van der Waals surface area contributed by atoms with Crippen molar-refractivity contribution in [2.45, 2.75) is 39.3 Å². The fraction of sp³-hybridized carbons (Fsp3) is 0.667. The van der Waals surface area contributed by atoms with Crippen LogP contribution in [0.1, 0.15) is 42.8 Å². The van der Waals surface area contributed by atoms with E-state index in [0.717, 1.165) is 32.5 Å². The first-order valence-electron chi connectivity index (χ1n) is 7.39. The van der Waals surface area contributed by atoms with Crippen molar-refractivity contribution in [2.24, 2.45) is 11.7 Å². The first kappa shape index (κ1) is 21.2. The van der Waals surface area contributed by atoms with Crippen molar-refractivity contribution in [3.05, 3.63) is 23.7 Å². The second-order valence-electron chi connectivity index (χ2n) is 5.95. The van der Waals surface area contributed by atoms with Crippen molar-refractivity contribution in [1.29, 1.82) is 0 Å². The van der Waals surface area contributed by atoms with Crippen LogP contribution in [0.15, 0.2) is 16.7 Å². The third kappa shape index (κ3) is 6.16. The molecule has 3 N–H and O–H groups in total. The molecule has 0 spiro atoms. The summed E-state index contributed by atoms with van der Waals surface area (Å²) in [6.45, 7) is 8.05. The van der Waals surface area contributed by atoms with Gasteiger partial charge in [0.15, 0.2) is 0 Å². The van der Waals surface area contributed by atoms with Crippen LogP contribution in [0.2, 0.25) is 0 Å². The first-order valence-corrected chi connectivity index (χ1v) is 7.39. The summed E-state index contributed by atoms with van der Waals surface area (Å²) < 4.78 is 5.19. The van der Waals surface area contributed by atoms with Crippen LogP contribution in [-0.4, -0.2) is 36.5 Å². The van der Waals surface area contributed by atoms with Crippen LogP contribution in [0.5, 0.6) is 0 Å². The smallest absolute Gasteiger partial charge is 0.254 e. The first-order chi connectivity index (χ1) is 9.58. The van der Waals surface area contributed by atoms with E-state index in [9.17, 15) is 4.79 Å². The molecule has 0 atom stereocenters. The van der Waals surface area contributed by atoms with Gasteiger partial charge in [0, 0.05) is 25.7 Å².